The molecule has 1 aromatic carbocycles. The van der Waals surface area contributed by atoms with Crippen LogP contribution in [0.2, 0.25) is 0 Å². The lowest BCUT2D eigenvalue weighted by Crippen LogP contribution is -2.37. The minimum Gasteiger partial charge on any atom is -0.496 e. The van der Waals surface area contributed by atoms with E-state index in [1.54, 1.807) is 13.0 Å². The van der Waals surface area contributed by atoms with Crippen molar-refractivity contribution < 1.29 is 18.7 Å². The van der Waals surface area contributed by atoms with Gasteiger partial charge in [0.25, 0.3) is 0 Å². The maximum Gasteiger partial charge on any atom is 0.219 e. The van der Waals surface area contributed by atoms with Crippen molar-refractivity contribution in [3.05, 3.63) is 50.5 Å². The van der Waals surface area contributed by atoms with E-state index in [0.717, 1.165) is 64.8 Å². The number of ketones is 1. The molecule has 0 aliphatic carbocycles. The first-order valence-corrected chi connectivity index (χ1v) is 12.7. The number of hydrogen-bond donors (Lipinski definition) is 0. The largest absolute Gasteiger partial charge is 0.496 e. The highest BCUT2D eigenvalue weighted by Crippen LogP contribution is 2.34. The van der Waals surface area contributed by atoms with Gasteiger partial charge in [-0.3, -0.25) is 9.59 Å². The normalized spacial score (nSPS) is 17.2. The van der Waals surface area contributed by atoms with Crippen LogP contribution < -0.4 is 4.74 Å². The van der Waals surface area contributed by atoms with Crippen molar-refractivity contribution in [1.82, 2.24) is 9.80 Å². The minimum absolute atomic E-state index is 0.0431. The van der Waals surface area contributed by atoms with Crippen LogP contribution in [0.3, 0.4) is 0 Å². The highest BCUT2D eigenvalue weighted by Gasteiger charge is 2.29. The molecule has 4 rings (SSSR count). The number of methoxy groups -OCH3 is 1. The first kappa shape index (κ1) is 23.9. The number of halogens is 1. The molecule has 0 spiro atoms. The monoisotopic (exact) mass is 472 g/mol. The summed E-state index contributed by atoms with van der Waals surface area (Å²) >= 11 is 1.89. The van der Waals surface area contributed by atoms with E-state index in [9.17, 15) is 14.0 Å². The molecule has 1 aromatic heterocycles. The standard InChI is InChI=1S/C26H33FN2O3S/c1-4-20-21-9-14-29(17(2)30)16-25(21)33-24(20)10-13-28-11-7-18(8-12-28)26(31)22-6-5-19(27)15-23(22)32-3/h5-6,15,18H,4,7-14,16H2,1-3H3. The van der Waals surface area contributed by atoms with E-state index in [1.807, 2.05) is 16.2 Å². The molecule has 1 saturated heterocycles. The van der Waals surface area contributed by atoms with E-state index in [2.05, 4.69) is 11.8 Å². The molecule has 2 aliphatic rings. The predicted octanol–water partition coefficient (Wildman–Crippen LogP) is 4.50. The van der Waals surface area contributed by atoms with Gasteiger partial charge in [0.15, 0.2) is 5.78 Å². The molecule has 5 nitrogen and oxygen atoms in total. The average Bonchev–Trinajstić information content (AvgIpc) is 3.19. The Balaban J connectivity index is 1.34. The summed E-state index contributed by atoms with van der Waals surface area (Å²) in [6, 6.07) is 4.15. The summed E-state index contributed by atoms with van der Waals surface area (Å²) in [7, 11) is 1.47. The molecule has 0 atom stereocenters. The second-order valence-electron chi connectivity index (χ2n) is 9.02. The van der Waals surface area contributed by atoms with E-state index in [0.29, 0.717) is 11.3 Å². The lowest BCUT2D eigenvalue weighted by atomic mass is 9.88. The van der Waals surface area contributed by atoms with Gasteiger partial charge < -0.3 is 14.5 Å². The Morgan fingerprint density at radius 3 is 2.64 bits per heavy atom. The molecule has 178 valence electrons. The molecule has 0 unspecified atom stereocenters. The van der Waals surface area contributed by atoms with E-state index in [-0.39, 0.29) is 17.6 Å². The summed E-state index contributed by atoms with van der Waals surface area (Å²) in [6.45, 7) is 8.23. The maximum absolute atomic E-state index is 13.5. The summed E-state index contributed by atoms with van der Waals surface area (Å²) in [4.78, 5) is 32.0. The number of ether oxygens (including phenoxy) is 1. The number of benzene rings is 1. The van der Waals surface area contributed by atoms with Crippen molar-refractivity contribution in [1.29, 1.82) is 0 Å². The molecule has 1 fully saturated rings. The van der Waals surface area contributed by atoms with Crippen molar-refractivity contribution in [3.8, 4) is 5.75 Å². The number of fused-ring (bicyclic) bond motifs is 1. The fourth-order valence-corrected chi connectivity index (χ4v) is 6.62. The number of hydrogen-bond acceptors (Lipinski definition) is 5. The van der Waals surface area contributed by atoms with Crippen molar-refractivity contribution in [2.45, 2.75) is 52.5 Å². The number of thiophene rings is 1. The van der Waals surface area contributed by atoms with Crippen molar-refractivity contribution >= 4 is 23.0 Å². The first-order chi connectivity index (χ1) is 15.9. The quantitative estimate of drug-likeness (QED) is 0.557. The smallest absolute Gasteiger partial charge is 0.219 e. The van der Waals surface area contributed by atoms with Gasteiger partial charge in [0, 0.05) is 41.8 Å². The highest BCUT2D eigenvalue weighted by molar-refractivity contribution is 7.12. The Kier molecular flexibility index (Phi) is 7.49. The van der Waals surface area contributed by atoms with Crippen molar-refractivity contribution in [2.75, 3.05) is 33.3 Å². The number of Topliss-reactive ketones (excluding diaryl/α,β-unsaturated/α-hetero) is 1. The predicted molar refractivity (Wildman–Crippen MR) is 129 cm³/mol. The van der Waals surface area contributed by atoms with E-state index in [4.69, 9.17) is 4.74 Å². The molecular weight excluding hydrogens is 439 g/mol. The van der Waals surface area contributed by atoms with Gasteiger partial charge in [-0.25, -0.2) is 4.39 Å². The average molecular weight is 473 g/mol. The fourth-order valence-electron chi connectivity index (χ4n) is 5.17. The first-order valence-electron chi connectivity index (χ1n) is 11.9. The number of likely N-dealkylation sites (tertiary alicyclic amines) is 1. The Morgan fingerprint density at radius 2 is 1.97 bits per heavy atom. The van der Waals surface area contributed by atoms with Gasteiger partial charge in [0.1, 0.15) is 11.6 Å². The second kappa shape index (κ2) is 10.3. The molecular formula is C26H33FN2O3S. The third-order valence-corrected chi connectivity index (χ3v) is 8.41. The molecule has 0 bridgehead atoms. The SMILES string of the molecule is CCc1c(CCN2CCC(C(=O)c3ccc(F)cc3OC)CC2)sc2c1CCN(C(C)=O)C2. The van der Waals surface area contributed by atoms with Gasteiger partial charge in [0.2, 0.25) is 5.91 Å². The summed E-state index contributed by atoms with van der Waals surface area (Å²) in [6.07, 6.45) is 4.65. The molecule has 0 N–H and O–H groups in total. The van der Waals surface area contributed by atoms with Crippen LogP contribution in [-0.4, -0.2) is 54.8 Å². The molecule has 1 amide bonds. The van der Waals surface area contributed by atoms with Crippen molar-refractivity contribution in [3.63, 3.8) is 0 Å². The summed E-state index contributed by atoms with van der Waals surface area (Å²) in [5, 5.41) is 0. The lowest BCUT2D eigenvalue weighted by molar-refractivity contribution is -0.129. The van der Waals surface area contributed by atoms with Gasteiger partial charge in [-0.05, 0) is 68.5 Å². The summed E-state index contributed by atoms with van der Waals surface area (Å²) in [5.41, 5.74) is 3.45. The van der Waals surface area contributed by atoms with Crippen LogP contribution in [0.1, 0.15) is 57.9 Å². The molecule has 33 heavy (non-hydrogen) atoms. The Hall–Kier alpha value is -2.25. The second-order valence-corrected chi connectivity index (χ2v) is 10.2. The summed E-state index contributed by atoms with van der Waals surface area (Å²) in [5.74, 6) is 0.0944. The highest BCUT2D eigenvalue weighted by atomic mass is 32.1. The third-order valence-electron chi connectivity index (χ3n) is 7.09. The van der Waals surface area contributed by atoms with Crippen LogP contribution in [0.5, 0.6) is 5.75 Å². The number of rotatable bonds is 7. The van der Waals surface area contributed by atoms with E-state index >= 15 is 0 Å². The van der Waals surface area contributed by atoms with Gasteiger partial charge in [-0.15, -0.1) is 11.3 Å². The van der Waals surface area contributed by atoms with Crippen LogP contribution in [0.15, 0.2) is 18.2 Å². The molecule has 2 aliphatic heterocycles. The maximum atomic E-state index is 13.5. The lowest BCUT2D eigenvalue weighted by Gasteiger charge is -2.31. The van der Waals surface area contributed by atoms with Gasteiger partial charge in [-0.1, -0.05) is 6.92 Å². The minimum atomic E-state index is -0.395. The Labute approximate surface area is 199 Å². The van der Waals surface area contributed by atoms with Crippen LogP contribution in [0.25, 0.3) is 0 Å². The molecule has 0 radical (unpaired) electrons. The molecule has 7 heteroatoms. The van der Waals surface area contributed by atoms with Gasteiger partial charge in [-0.2, -0.15) is 0 Å². The number of carbonyl (C=O) groups excluding carboxylic acids is 2. The van der Waals surface area contributed by atoms with Crippen LogP contribution in [0.4, 0.5) is 4.39 Å². The van der Waals surface area contributed by atoms with E-state index < -0.39 is 5.82 Å². The van der Waals surface area contributed by atoms with E-state index in [1.165, 1.54) is 40.1 Å². The zero-order chi connectivity index (χ0) is 23.5. The van der Waals surface area contributed by atoms with Crippen molar-refractivity contribution in [2.24, 2.45) is 5.92 Å². The van der Waals surface area contributed by atoms with Gasteiger partial charge in [0.05, 0.1) is 19.2 Å². The molecule has 3 heterocycles. The Bertz CT molecular complexity index is 1030. The Morgan fingerprint density at radius 1 is 1.21 bits per heavy atom. The van der Waals surface area contributed by atoms with Crippen LogP contribution in [-0.2, 0) is 30.6 Å². The number of amides is 1. The van der Waals surface area contributed by atoms with Crippen LogP contribution >= 0.6 is 11.3 Å². The number of carbonyl (C=O) groups is 2. The molecule has 0 saturated carbocycles. The zero-order valence-electron chi connectivity index (χ0n) is 19.8. The van der Waals surface area contributed by atoms with Crippen LogP contribution in [0, 0.1) is 11.7 Å². The zero-order valence-corrected chi connectivity index (χ0v) is 20.6. The topological polar surface area (TPSA) is 49.9 Å². The fraction of sp³-hybridized carbons (Fsp3) is 0.538. The van der Waals surface area contributed by atoms with Gasteiger partial charge >= 0.3 is 0 Å². The number of piperidine rings is 1. The number of nitrogens with zero attached hydrogens (tertiary/aromatic N) is 2. The third kappa shape index (κ3) is 5.14. The summed E-state index contributed by atoms with van der Waals surface area (Å²) < 4.78 is 18.7. The molecule has 2 aromatic rings.